The van der Waals surface area contributed by atoms with Gasteiger partial charge in [0.1, 0.15) is 19.8 Å². The maximum Gasteiger partial charge on any atom is 0.333 e. The van der Waals surface area contributed by atoms with Crippen molar-refractivity contribution in [2.75, 3.05) is 33.0 Å². The highest BCUT2D eigenvalue weighted by atomic mass is 16.6. The van der Waals surface area contributed by atoms with Crippen molar-refractivity contribution in [1.29, 1.82) is 0 Å². The lowest BCUT2D eigenvalue weighted by atomic mass is 9.79. The molecule has 1 aliphatic carbocycles. The fourth-order valence-electron chi connectivity index (χ4n) is 2.76. The van der Waals surface area contributed by atoms with Crippen LogP contribution in [0.2, 0.25) is 0 Å². The molecule has 9 nitrogen and oxygen atoms in total. The number of carboxylic acids is 1. The third-order valence-corrected chi connectivity index (χ3v) is 4.24. The number of carboxylic acid groups (broad SMARTS) is 1. The van der Waals surface area contributed by atoms with E-state index in [1.54, 1.807) is 0 Å². The molecule has 0 aromatic rings. The van der Waals surface area contributed by atoms with Crippen LogP contribution in [0.3, 0.4) is 0 Å². The first-order valence-corrected chi connectivity index (χ1v) is 9.28. The summed E-state index contributed by atoms with van der Waals surface area (Å²) in [7, 11) is 0. The van der Waals surface area contributed by atoms with Gasteiger partial charge in [0.2, 0.25) is 0 Å². The van der Waals surface area contributed by atoms with E-state index in [9.17, 15) is 24.3 Å². The molecule has 0 bridgehead atoms. The van der Waals surface area contributed by atoms with Crippen molar-refractivity contribution in [2.24, 2.45) is 11.8 Å². The van der Waals surface area contributed by atoms with Gasteiger partial charge in [-0.25, -0.2) is 4.79 Å². The molecule has 0 heterocycles. The van der Waals surface area contributed by atoms with Crippen LogP contribution < -0.4 is 0 Å². The number of esters is 3. The standard InChI is InChI=1S/C19H28O9/c1-13(2)18(23)27-12-11-26-16(20)7-8-25-9-10-28-19(24)15-6-4-3-5-14(15)17(21)22/h14-15H,1,3-12H2,2H3,(H,21,22). The molecule has 28 heavy (non-hydrogen) atoms. The third kappa shape index (κ3) is 8.98. The van der Waals surface area contributed by atoms with E-state index in [1.807, 2.05) is 0 Å². The predicted molar refractivity (Wildman–Crippen MR) is 96.2 cm³/mol. The van der Waals surface area contributed by atoms with Crippen LogP contribution in [0, 0.1) is 11.8 Å². The number of carbonyl (C=O) groups is 4. The van der Waals surface area contributed by atoms with Gasteiger partial charge < -0.3 is 24.1 Å². The number of ether oxygens (including phenoxy) is 4. The van der Waals surface area contributed by atoms with Crippen LogP contribution in [0.4, 0.5) is 0 Å². The van der Waals surface area contributed by atoms with Gasteiger partial charge in [0.15, 0.2) is 0 Å². The van der Waals surface area contributed by atoms with Crippen LogP contribution in [0.5, 0.6) is 0 Å². The molecule has 0 aromatic carbocycles. The predicted octanol–water partition coefficient (Wildman–Crippen LogP) is 1.49. The van der Waals surface area contributed by atoms with Crippen molar-refractivity contribution < 1.29 is 43.2 Å². The topological polar surface area (TPSA) is 125 Å². The summed E-state index contributed by atoms with van der Waals surface area (Å²) in [6, 6.07) is 0. The normalized spacial score (nSPS) is 18.8. The summed E-state index contributed by atoms with van der Waals surface area (Å²) in [4.78, 5) is 45.8. The second-order valence-electron chi connectivity index (χ2n) is 6.50. The van der Waals surface area contributed by atoms with Crippen molar-refractivity contribution in [3.63, 3.8) is 0 Å². The average Bonchev–Trinajstić information content (AvgIpc) is 2.67. The number of carbonyl (C=O) groups excluding carboxylic acids is 3. The summed E-state index contributed by atoms with van der Waals surface area (Å²) in [6.07, 6.45) is 2.63. The lowest BCUT2D eigenvalue weighted by molar-refractivity contribution is -0.160. The van der Waals surface area contributed by atoms with Crippen LogP contribution in [0.15, 0.2) is 12.2 Å². The molecule has 9 heteroatoms. The lowest BCUT2D eigenvalue weighted by Gasteiger charge is -2.26. The highest BCUT2D eigenvalue weighted by molar-refractivity contribution is 5.86. The molecule has 1 saturated carbocycles. The van der Waals surface area contributed by atoms with E-state index in [4.69, 9.17) is 18.9 Å². The summed E-state index contributed by atoms with van der Waals surface area (Å²) in [5, 5.41) is 9.18. The summed E-state index contributed by atoms with van der Waals surface area (Å²) >= 11 is 0. The Hall–Kier alpha value is -2.42. The van der Waals surface area contributed by atoms with Gasteiger partial charge in [-0.3, -0.25) is 14.4 Å². The second-order valence-corrected chi connectivity index (χ2v) is 6.50. The number of rotatable bonds is 12. The van der Waals surface area contributed by atoms with Gasteiger partial charge in [0.05, 0.1) is 31.5 Å². The molecular weight excluding hydrogens is 372 g/mol. The van der Waals surface area contributed by atoms with E-state index < -0.39 is 35.7 Å². The molecule has 0 radical (unpaired) electrons. The maximum atomic E-state index is 12.0. The Morgan fingerprint density at radius 1 is 0.893 bits per heavy atom. The average molecular weight is 400 g/mol. The number of hydrogen-bond donors (Lipinski definition) is 1. The van der Waals surface area contributed by atoms with E-state index in [0.717, 1.165) is 12.8 Å². The molecule has 1 aliphatic rings. The Labute approximate surface area is 164 Å². The highest BCUT2D eigenvalue weighted by Crippen LogP contribution is 2.31. The van der Waals surface area contributed by atoms with E-state index in [0.29, 0.717) is 12.8 Å². The Kier molecular flexibility index (Phi) is 10.9. The Balaban J connectivity index is 2.07. The number of hydrogen-bond acceptors (Lipinski definition) is 8. The largest absolute Gasteiger partial charge is 0.481 e. The molecule has 0 spiro atoms. The fourth-order valence-corrected chi connectivity index (χ4v) is 2.76. The fraction of sp³-hybridized carbons (Fsp3) is 0.684. The molecule has 1 rings (SSSR count). The zero-order valence-electron chi connectivity index (χ0n) is 16.1. The van der Waals surface area contributed by atoms with Crippen molar-refractivity contribution in [3.8, 4) is 0 Å². The van der Waals surface area contributed by atoms with E-state index in [1.165, 1.54) is 6.92 Å². The Morgan fingerprint density at radius 3 is 2.14 bits per heavy atom. The van der Waals surface area contributed by atoms with Crippen LogP contribution in [0.1, 0.15) is 39.0 Å². The van der Waals surface area contributed by atoms with Crippen molar-refractivity contribution in [2.45, 2.75) is 39.0 Å². The minimum Gasteiger partial charge on any atom is -0.481 e. The highest BCUT2D eigenvalue weighted by Gasteiger charge is 2.36. The molecule has 158 valence electrons. The van der Waals surface area contributed by atoms with Gasteiger partial charge in [0.25, 0.3) is 0 Å². The molecular formula is C19H28O9. The third-order valence-electron chi connectivity index (χ3n) is 4.24. The van der Waals surface area contributed by atoms with Gasteiger partial charge in [-0.15, -0.1) is 0 Å². The minimum atomic E-state index is -0.967. The summed E-state index contributed by atoms with van der Waals surface area (Å²) in [5.74, 6) is -3.83. The van der Waals surface area contributed by atoms with Crippen LogP contribution >= 0.6 is 0 Å². The molecule has 0 saturated heterocycles. The molecule has 1 fully saturated rings. The van der Waals surface area contributed by atoms with Crippen LogP contribution in [-0.4, -0.2) is 62.0 Å². The number of aliphatic carboxylic acids is 1. The first-order valence-electron chi connectivity index (χ1n) is 9.28. The maximum absolute atomic E-state index is 12.0. The van der Waals surface area contributed by atoms with Gasteiger partial charge in [-0.1, -0.05) is 19.4 Å². The summed E-state index contributed by atoms with van der Waals surface area (Å²) in [6.45, 7) is 5.02. The van der Waals surface area contributed by atoms with Crippen molar-refractivity contribution in [1.82, 2.24) is 0 Å². The molecule has 0 aliphatic heterocycles. The van der Waals surface area contributed by atoms with Gasteiger partial charge in [0, 0.05) is 5.57 Å². The monoisotopic (exact) mass is 400 g/mol. The molecule has 0 aromatic heterocycles. The molecule has 1 N–H and O–H groups in total. The zero-order chi connectivity index (χ0) is 20.9. The van der Waals surface area contributed by atoms with E-state index >= 15 is 0 Å². The smallest absolute Gasteiger partial charge is 0.333 e. The summed E-state index contributed by atoms with van der Waals surface area (Å²) < 4.78 is 19.9. The Bertz CT molecular complexity index is 570. The summed E-state index contributed by atoms with van der Waals surface area (Å²) in [5.41, 5.74) is 0.266. The Morgan fingerprint density at radius 2 is 1.50 bits per heavy atom. The lowest BCUT2D eigenvalue weighted by Crippen LogP contribution is -2.34. The molecule has 2 atom stereocenters. The first-order chi connectivity index (χ1) is 13.3. The molecule has 0 amide bonds. The van der Waals surface area contributed by atoms with Gasteiger partial charge >= 0.3 is 23.9 Å². The zero-order valence-corrected chi connectivity index (χ0v) is 16.1. The van der Waals surface area contributed by atoms with Crippen molar-refractivity contribution >= 4 is 23.9 Å². The first kappa shape index (κ1) is 23.6. The minimum absolute atomic E-state index is 0.00604. The SMILES string of the molecule is C=C(C)C(=O)OCCOC(=O)CCOCCOC(=O)C1CCCCC1C(=O)O. The van der Waals surface area contributed by atoms with Gasteiger partial charge in [-0.05, 0) is 19.8 Å². The van der Waals surface area contributed by atoms with Gasteiger partial charge in [-0.2, -0.15) is 0 Å². The van der Waals surface area contributed by atoms with Crippen molar-refractivity contribution in [3.05, 3.63) is 12.2 Å². The van der Waals surface area contributed by atoms with Crippen LogP contribution in [-0.2, 0) is 38.1 Å². The quantitative estimate of drug-likeness (QED) is 0.224. The van der Waals surface area contributed by atoms with E-state index in [-0.39, 0.29) is 45.0 Å². The second kappa shape index (κ2) is 12.9. The van der Waals surface area contributed by atoms with E-state index in [2.05, 4.69) is 6.58 Å². The van der Waals surface area contributed by atoms with Crippen LogP contribution in [0.25, 0.3) is 0 Å². The molecule has 2 unspecified atom stereocenters.